The number of carbonyl (C=O) groups is 2. The smallest absolute Gasteiger partial charge is 0.179 e. The molecule has 6 aromatic rings. The molecule has 0 heterocycles. The Morgan fingerprint density at radius 2 is 0.476 bits per heavy atom. The number of rotatable bonds is 9. The van der Waals surface area contributed by atoms with E-state index in [9.17, 15) is 0 Å². The van der Waals surface area contributed by atoms with Crippen molar-refractivity contribution in [3.05, 3.63) is 215 Å². The molecule has 202 valence electrons. The average Bonchev–Trinajstić information content (AvgIpc) is 3.09. The van der Waals surface area contributed by atoms with E-state index < -0.39 is 10.8 Å². The summed E-state index contributed by atoms with van der Waals surface area (Å²) in [5.41, 5.74) is 1.02. The lowest BCUT2D eigenvalue weighted by atomic mass is 9.47. The van der Waals surface area contributed by atoms with Gasteiger partial charge in [-0.1, -0.05) is 182 Å². The minimum absolute atomic E-state index is 0.155. The van der Waals surface area contributed by atoms with Gasteiger partial charge in [-0.15, -0.1) is 0 Å². The highest BCUT2D eigenvalue weighted by atomic mass is 16.1. The van der Waals surface area contributed by atoms with Gasteiger partial charge in [0.15, 0.2) is 11.6 Å². The molecule has 0 amide bonds. The maximum Gasteiger partial charge on any atom is 0.179 e. The van der Waals surface area contributed by atoms with E-state index in [1.807, 2.05) is 182 Å². The van der Waals surface area contributed by atoms with Gasteiger partial charge in [0.1, 0.15) is 10.8 Å². The summed E-state index contributed by atoms with van der Waals surface area (Å²) in [5, 5.41) is 0. The highest BCUT2D eigenvalue weighted by Crippen LogP contribution is 2.56. The van der Waals surface area contributed by atoms with Gasteiger partial charge in [-0.05, 0) is 22.3 Å². The summed E-state index contributed by atoms with van der Waals surface area (Å²) >= 11 is 0. The van der Waals surface area contributed by atoms with Gasteiger partial charge in [0.2, 0.25) is 0 Å². The van der Waals surface area contributed by atoms with Crippen molar-refractivity contribution < 1.29 is 9.59 Å². The second-order valence-electron chi connectivity index (χ2n) is 10.4. The molecule has 2 heteroatoms. The van der Waals surface area contributed by atoms with Crippen molar-refractivity contribution >= 4 is 11.6 Å². The van der Waals surface area contributed by atoms with E-state index in [0.29, 0.717) is 11.1 Å². The zero-order valence-electron chi connectivity index (χ0n) is 23.1. The van der Waals surface area contributed by atoms with Crippen LogP contribution in [0.4, 0.5) is 0 Å². The van der Waals surface area contributed by atoms with Crippen molar-refractivity contribution in [3.8, 4) is 0 Å². The first kappa shape index (κ1) is 26.9. The fourth-order valence-corrected chi connectivity index (χ4v) is 6.43. The molecule has 0 spiro atoms. The Morgan fingerprint density at radius 3 is 0.690 bits per heavy atom. The molecule has 0 aliphatic carbocycles. The van der Waals surface area contributed by atoms with Crippen molar-refractivity contribution in [1.29, 1.82) is 0 Å². The number of benzene rings is 6. The van der Waals surface area contributed by atoms with Crippen LogP contribution in [0.25, 0.3) is 0 Å². The maximum absolute atomic E-state index is 15.6. The lowest BCUT2D eigenvalue weighted by Gasteiger charge is -2.50. The molecule has 0 fully saturated rings. The first-order chi connectivity index (χ1) is 20.7. The normalized spacial score (nSPS) is 11.5. The van der Waals surface area contributed by atoms with Gasteiger partial charge in [0, 0.05) is 11.1 Å². The predicted molar refractivity (Wildman–Crippen MR) is 169 cm³/mol. The van der Waals surface area contributed by atoms with Gasteiger partial charge in [-0.3, -0.25) is 9.59 Å². The van der Waals surface area contributed by atoms with Crippen LogP contribution in [0, 0.1) is 0 Å². The van der Waals surface area contributed by atoms with Crippen molar-refractivity contribution in [2.75, 3.05) is 0 Å². The molecule has 0 atom stereocenters. The molecule has 0 bridgehead atoms. The van der Waals surface area contributed by atoms with Crippen LogP contribution in [0.1, 0.15) is 43.0 Å². The number of ketones is 2. The zero-order chi connectivity index (χ0) is 28.8. The van der Waals surface area contributed by atoms with Crippen molar-refractivity contribution in [2.45, 2.75) is 10.8 Å². The average molecular weight is 543 g/mol. The van der Waals surface area contributed by atoms with E-state index in [0.717, 1.165) is 22.3 Å². The van der Waals surface area contributed by atoms with Gasteiger partial charge in [0.05, 0.1) is 0 Å². The third-order valence-electron chi connectivity index (χ3n) is 8.14. The van der Waals surface area contributed by atoms with Gasteiger partial charge in [-0.25, -0.2) is 0 Å². The monoisotopic (exact) mass is 542 g/mol. The summed E-state index contributed by atoms with van der Waals surface area (Å²) in [4.78, 5) is 31.3. The highest BCUT2D eigenvalue weighted by Gasteiger charge is 2.64. The van der Waals surface area contributed by atoms with Crippen LogP contribution in [-0.2, 0) is 10.8 Å². The van der Waals surface area contributed by atoms with E-state index in [2.05, 4.69) is 0 Å². The minimum atomic E-state index is -1.49. The Morgan fingerprint density at radius 1 is 0.286 bits per heavy atom. The van der Waals surface area contributed by atoms with Crippen LogP contribution >= 0.6 is 0 Å². The summed E-state index contributed by atoms with van der Waals surface area (Å²) in [6.07, 6.45) is 0. The van der Waals surface area contributed by atoms with E-state index in [4.69, 9.17) is 0 Å². The Hall–Kier alpha value is -5.34. The summed E-state index contributed by atoms with van der Waals surface area (Å²) < 4.78 is 0. The topological polar surface area (TPSA) is 34.1 Å². The predicted octanol–water partition coefficient (Wildman–Crippen LogP) is 8.72. The molecule has 0 aromatic heterocycles. The number of carbonyl (C=O) groups excluding carboxylic acids is 2. The van der Waals surface area contributed by atoms with E-state index in [1.165, 1.54) is 0 Å². The van der Waals surface area contributed by atoms with Crippen LogP contribution < -0.4 is 0 Å². The van der Waals surface area contributed by atoms with E-state index >= 15 is 9.59 Å². The third kappa shape index (κ3) is 4.29. The molecule has 0 aliphatic heterocycles. The van der Waals surface area contributed by atoms with E-state index in [1.54, 1.807) is 0 Å². The largest absolute Gasteiger partial charge is 0.293 e. The van der Waals surface area contributed by atoms with Gasteiger partial charge < -0.3 is 0 Å². The first-order valence-electron chi connectivity index (χ1n) is 14.1. The van der Waals surface area contributed by atoms with Gasteiger partial charge >= 0.3 is 0 Å². The fraction of sp³-hybridized carbons (Fsp3) is 0.0500. The third-order valence-corrected chi connectivity index (χ3v) is 8.14. The van der Waals surface area contributed by atoms with Crippen LogP contribution in [0.15, 0.2) is 182 Å². The molecule has 0 radical (unpaired) electrons. The SMILES string of the molecule is O=C(c1ccccc1)C(c1ccccc1)(c1ccccc1)C(C(=O)c1ccccc1)(c1ccccc1)c1ccccc1. The molecule has 0 unspecified atom stereocenters. The fourth-order valence-electron chi connectivity index (χ4n) is 6.43. The summed E-state index contributed by atoms with van der Waals surface area (Å²) in [7, 11) is 0. The molecule has 2 nitrogen and oxygen atoms in total. The first-order valence-corrected chi connectivity index (χ1v) is 14.1. The molecular weight excluding hydrogens is 512 g/mol. The van der Waals surface area contributed by atoms with Crippen molar-refractivity contribution in [1.82, 2.24) is 0 Å². The summed E-state index contributed by atoms with van der Waals surface area (Å²) in [6, 6.07) is 57.8. The molecule has 6 rings (SSSR count). The minimum Gasteiger partial charge on any atom is -0.293 e. The second kappa shape index (κ2) is 11.6. The van der Waals surface area contributed by atoms with Crippen molar-refractivity contribution in [2.24, 2.45) is 0 Å². The Bertz CT molecular complexity index is 1550. The lowest BCUT2D eigenvalue weighted by Crippen LogP contribution is -2.60. The molecule has 42 heavy (non-hydrogen) atoms. The van der Waals surface area contributed by atoms with Gasteiger partial charge in [0.25, 0.3) is 0 Å². The molecular formula is C40H30O2. The Balaban J connectivity index is 1.90. The Labute approximate surface area is 246 Å². The van der Waals surface area contributed by atoms with Crippen molar-refractivity contribution in [3.63, 3.8) is 0 Å². The molecule has 0 N–H and O–H groups in total. The van der Waals surface area contributed by atoms with Crippen LogP contribution in [-0.4, -0.2) is 11.6 Å². The maximum atomic E-state index is 15.6. The quantitative estimate of drug-likeness (QED) is 0.171. The molecule has 0 saturated heterocycles. The zero-order valence-corrected chi connectivity index (χ0v) is 23.1. The van der Waals surface area contributed by atoms with E-state index in [-0.39, 0.29) is 11.6 Å². The summed E-state index contributed by atoms with van der Waals surface area (Å²) in [5.74, 6) is -0.310. The molecule has 0 saturated carbocycles. The summed E-state index contributed by atoms with van der Waals surface area (Å²) in [6.45, 7) is 0. The lowest BCUT2D eigenvalue weighted by molar-refractivity contribution is 0.0741. The standard InChI is InChI=1S/C40H30O2/c41-37(31-19-7-1-8-20-31)39(33-23-11-3-12-24-33,34-25-13-4-14-26-34)40(35-27-15-5-16-28-35,36-29-17-6-18-30-36)38(42)32-21-9-2-10-22-32/h1-30H. The van der Waals surface area contributed by atoms with Crippen LogP contribution in [0.3, 0.4) is 0 Å². The van der Waals surface area contributed by atoms with Gasteiger partial charge in [-0.2, -0.15) is 0 Å². The molecule has 0 aliphatic rings. The highest BCUT2D eigenvalue weighted by molar-refractivity contribution is 6.18. The van der Waals surface area contributed by atoms with Crippen LogP contribution in [0.5, 0.6) is 0 Å². The second-order valence-corrected chi connectivity index (χ2v) is 10.4. The molecule has 6 aromatic carbocycles. The Kier molecular flexibility index (Phi) is 7.45. The number of Topliss-reactive ketones (excluding diaryl/α,β-unsaturated/α-hetero) is 2. The number of hydrogen-bond acceptors (Lipinski definition) is 2. The van der Waals surface area contributed by atoms with Crippen LogP contribution in [0.2, 0.25) is 0 Å². The number of hydrogen-bond donors (Lipinski definition) is 0.